The highest BCUT2D eigenvalue weighted by Crippen LogP contribution is 2.42. The van der Waals surface area contributed by atoms with Crippen LogP contribution in [0.15, 0.2) is 36.4 Å². The molecule has 0 radical (unpaired) electrons. The first-order valence-corrected chi connectivity index (χ1v) is 8.32. The molecular formula is C21H20N2O2. The van der Waals surface area contributed by atoms with Gasteiger partial charge in [0.1, 0.15) is 11.5 Å². The number of nitrogens with zero attached hydrogens (tertiary/aromatic N) is 2. The van der Waals surface area contributed by atoms with Crippen molar-refractivity contribution in [2.45, 2.75) is 45.3 Å². The van der Waals surface area contributed by atoms with E-state index in [0.29, 0.717) is 16.9 Å². The number of hydrogen-bond acceptors (Lipinski definition) is 4. The molecule has 0 spiro atoms. The molecule has 0 saturated carbocycles. The average molecular weight is 332 g/mol. The predicted octanol–water partition coefficient (Wildman–Crippen LogP) is 5.02. The first-order chi connectivity index (χ1) is 11.9. The number of hydrogen-bond donors (Lipinski definition) is 0. The van der Waals surface area contributed by atoms with Crippen molar-refractivity contribution in [3.8, 4) is 23.6 Å². The van der Waals surface area contributed by atoms with E-state index in [-0.39, 0.29) is 11.7 Å². The maximum absolute atomic E-state index is 9.11. The Hall–Kier alpha value is -2.82. The lowest BCUT2D eigenvalue weighted by Gasteiger charge is -2.25. The van der Waals surface area contributed by atoms with Crippen LogP contribution in [-0.4, -0.2) is 5.60 Å². The van der Waals surface area contributed by atoms with Crippen molar-refractivity contribution in [1.82, 2.24) is 0 Å². The van der Waals surface area contributed by atoms with Crippen molar-refractivity contribution in [1.29, 1.82) is 10.5 Å². The Morgan fingerprint density at radius 3 is 2.32 bits per heavy atom. The molecule has 0 aliphatic heterocycles. The van der Waals surface area contributed by atoms with E-state index in [9.17, 15) is 0 Å². The molecule has 126 valence electrons. The lowest BCUT2D eigenvalue weighted by molar-refractivity contribution is -0.0605. The highest BCUT2D eigenvalue weighted by atomic mass is 16.5. The van der Waals surface area contributed by atoms with Crippen LogP contribution < -0.4 is 4.74 Å². The van der Waals surface area contributed by atoms with E-state index in [1.54, 1.807) is 18.2 Å². The fraction of sp³-hybridized carbons (Fsp3) is 0.333. The Bertz CT molecular complexity index is 850. The van der Waals surface area contributed by atoms with Gasteiger partial charge in [0.05, 0.1) is 35.0 Å². The van der Waals surface area contributed by atoms with E-state index in [1.807, 2.05) is 12.1 Å². The molecule has 1 aliphatic rings. The van der Waals surface area contributed by atoms with Crippen LogP contribution in [-0.2, 0) is 11.2 Å². The number of fused-ring (bicyclic) bond motifs is 1. The zero-order chi connectivity index (χ0) is 18.0. The lowest BCUT2D eigenvalue weighted by atomic mass is 10.1. The predicted molar refractivity (Wildman–Crippen MR) is 94.3 cm³/mol. The second kappa shape index (κ2) is 6.59. The van der Waals surface area contributed by atoms with Gasteiger partial charge in [-0.3, -0.25) is 0 Å². The highest BCUT2D eigenvalue weighted by Gasteiger charge is 2.29. The summed E-state index contributed by atoms with van der Waals surface area (Å²) < 4.78 is 12.2. The van der Waals surface area contributed by atoms with Gasteiger partial charge in [0.15, 0.2) is 0 Å². The van der Waals surface area contributed by atoms with E-state index >= 15 is 0 Å². The third kappa shape index (κ3) is 3.82. The topological polar surface area (TPSA) is 66.0 Å². The van der Waals surface area contributed by atoms with Crippen LogP contribution in [0, 0.1) is 22.7 Å². The van der Waals surface area contributed by atoms with Crippen molar-refractivity contribution in [2.75, 3.05) is 0 Å². The number of nitriles is 2. The van der Waals surface area contributed by atoms with Gasteiger partial charge in [0.2, 0.25) is 0 Å². The summed E-state index contributed by atoms with van der Waals surface area (Å²) in [7, 11) is 0. The third-order valence-electron chi connectivity index (χ3n) is 4.06. The second-order valence-electron chi connectivity index (χ2n) is 7.15. The average Bonchev–Trinajstić information content (AvgIpc) is 2.96. The van der Waals surface area contributed by atoms with Gasteiger partial charge in [0.25, 0.3) is 0 Å². The monoisotopic (exact) mass is 332 g/mol. The minimum atomic E-state index is -0.202. The van der Waals surface area contributed by atoms with Gasteiger partial charge in [-0.1, -0.05) is 12.1 Å². The molecule has 0 heterocycles. The molecule has 1 atom stereocenters. The van der Waals surface area contributed by atoms with Gasteiger partial charge in [-0.05, 0) is 63.4 Å². The normalized spacial score (nSPS) is 16.0. The van der Waals surface area contributed by atoms with E-state index < -0.39 is 0 Å². The number of ether oxygens (including phenoxy) is 2. The van der Waals surface area contributed by atoms with E-state index in [2.05, 4.69) is 39.0 Å². The molecule has 2 aromatic rings. The summed E-state index contributed by atoms with van der Waals surface area (Å²) in [4.78, 5) is 0. The van der Waals surface area contributed by atoms with Crippen molar-refractivity contribution in [3.63, 3.8) is 0 Å². The highest BCUT2D eigenvalue weighted by molar-refractivity contribution is 5.50. The Kier molecular flexibility index (Phi) is 4.49. The van der Waals surface area contributed by atoms with Crippen LogP contribution in [0.3, 0.4) is 0 Å². The van der Waals surface area contributed by atoms with Gasteiger partial charge in [-0.2, -0.15) is 10.5 Å². The summed E-state index contributed by atoms with van der Waals surface area (Å²) in [6, 6.07) is 14.9. The molecule has 4 nitrogen and oxygen atoms in total. The zero-order valence-corrected chi connectivity index (χ0v) is 14.7. The molecule has 3 rings (SSSR count). The van der Waals surface area contributed by atoms with Gasteiger partial charge in [-0.15, -0.1) is 0 Å². The molecule has 0 saturated heterocycles. The maximum Gasteiger partial charge on any atom is 0.130 e. The molecule has 0 amide bonds. The van der Waals surface area contributed by atoms with Crippen LogP contribution >= 0.6 is 0 Å². The molecule has 0 fully saturated rings. The van der Waals surface area contributed by atoms with Gasteiger partial charge < -0.3 is 9.47 Å². The second-order valence-corrected chi connectivity index (χ2v) is 7.15. The molecule has 1 aliphatic carbocycles. The molecule has 0 aromatic heterocycles. The van der Waals surface area contributed by atoms with Gasteiger partial charge in [0, 0.05) is 5.56 Å². The van der Waals surface area contributed by atoms with E-state index in [4.69, 9.17) is 20.0 Å². The summed E-state index contributed by atoms with van der Waals surface area (Å²) in [6.07, 6.45) is 1.88. The molecule has 0 N–H and O–H groups in total. The van der Waals surface area contributed by atoms with Crippen LogP contribution in [0.2, 0.25) is 0 Å². The van der Waals surface area contributed by atoms with Gasteiger partial charge in [-0.25, -0.2) is 0 Å². The minimum Gasteiger partial charge on any atom is -0.457 e. The lowest BCUT2D eigenvalue weighted by Crippen LogP contribution is -2.21. The molecule has 4 heteroatoms. The molecule has 0 unspecified atom stereocenters. The summed E-state index contributed by atoms with van der Waals surface area (Å²) in [5.41, 5.74) is 2.92. The van der Waals surface area contributed by atoms with E-state index in [1.165, 1.54) is 0 Å². The van der Waals surface area contributed by atoms with Gasteiger partial charge >= 0.3 is 0 Å². The van der Waals surface area contributed by atoms with Crippen LogP contribution in [0.4, 0.5) is 0 Å². The van der Waals surface area contributed by atoms with Crippen molar-refractivity contribution in [2.24, 2.45) is 0 Å². The van der Waals surface area contributed by atoms with Crippen LogP contribution in [0.1, 0.15) is 55.5 Å². The Balaban J connectivity index is 1.92. The van der Waals surface area contributed by atoms with E-state index in [0.717, 1.165) is 29.7 Å². The summed E-state index contributed by atoms with van der Waals surface area (Å²) in [5.74, 6) is 1.26. The fourth-order valence-corrected chi connectivity index (χ4v) is 3.14. The Morgan fingerprint density at radius 1 is 1.04 bits per heavy atom. The maximum atomic E-state index is 9.11. The van der Waals surface area contributed by atoms with Crippen molar-refractivity contribution < 1.29 is 9.47 Å². The number of rotatable bonds is 3. The minimum absolute atomic E-state index is 0.0682. The molecule has 25 heavy (non-hydrogen) atoms. The smallest absolute Gasteiger partial charge is 0.130 e. The Labute approximate surface area is 148 Å². The van der Waals surface area contributed by atoms with Crippen molar-refractivity contribution in [3.05, 3.63) is 58.7 Å². The van der Waals surface area contributed by atoms with Crippen LogP contribution in [0.5, 0.6) is 11.5 Å². The number of benzene rings is 2. The van der Waals surface area contributed by atoms with Crippen molar-refractivity contribution >= 4 is 0 Å². The Morgan fingerprint density at radius 2 is 1.72 bits per heavy atom. The molecular weight excluding hydrogens is 312 g/mol. The SMILES string of the molecule is CC(C)(C)O[C@@H]1CCc2c(Oc3cc(C#N)cc(C#N)c3)cccc21. The largest absolute Gasteiger partial charge is 0.457 e. The first kappa shape index (κ1) is 17.0. The first-order valence-electron chi connectivity index (χ1n) is 8.32. The summed E-state index contributed by atoms with van der Waals surface area (Å²) >= 11 is 0. The summed E-state index contributed by atoms with van der Waals surface area (Å²) in [5, 5.41) is 18.2. The quantitative estimate of drug-likeness (QED) is 0.791. The third-order valence-corrected chi connectivity index (χ3v) is 4.06. The molecule has 0 bridgehead atoms. The summed E-state index contributed by atoms with van der Waals surface area (Å²) in [6.45, 7) is 6.17. The zero-order valence-electron chi connectivity index (χ0n) is 14.7. The fourth-order valence-electron chi connectivity index (χ4n) is 3.14. The standard InChI is InChI=1S/C21H20N2O2/c1-21(2,3)25-20-8-7-18-17(20)5-4-6-19(18)24-16-10-14(12-22)9-15(11-16)13-23/h4-6,9-11,20H,7-8H2,1-3H3/t20-/m1/s1. The molecule has 2 aromatic carbocycles. The van der Waals surface area contributed by atoms with Crippen LogP contribution in [0.25, 0.3) is 0 Å².